The molecule has 0 aliphatic carbocycles. The van der Waals surface area contributed by atoms with Gasteiger partial charge in [0.15, 0.2) is 0 Å². The molecule has 3 rings (SSSR count). The van der Waals surface area contributed by atoms with Gasteiger partial charge >= 0.3 is 0 Å². The van der Waals surface area contributed by atoms with E-state index in [0.29, 0.717) is 15.7 Å². The zero-order valence-corrected chi connectivity index (χ0v) is 16.7. The number of piperazine rings is 1. The van der Waals surface area contributed by atoms with Gasteiger partial charge in [-0.15, -0.1) is 0 Å². The number of amides is 1. The van der Waals surface area contributed by atoms with E-state index in [1.54, 1.807) is 18.2 Å². The van der Waals surface area contributed by atoms with Crippen molar-refractivity contribution in [2.75, 3.05) is 36.4 Å². The van der Waals surface area contributed by atoms with Crippen LogP contribution in [0.25, 0.3) is 0 Å². The molecule has 1 aliphatic rings. The third kappa shape index (κ3) is 4.63. The van der Waals surface area contributed by atoms with E-state index in [-0.39, 0.29) is 11.9 Å². The Balaban J connectivity index is 1.58. The molecule has 4 nitrogen and oxygen atoms in total. The Morgan fingerprint density at radius 2 is 1.69 bits per heavy atom. The van der Waals surface area contributed by atoms with Crippen molar-refractivity contribution in [2.24, 2.45) is 0 Å². The molecule has 0 spiro atoms. The first-order valence-corrected chi connectivity index (χ1v) is 9.58. The van der Waals surface area contributed by atoms with E-state index in [0.717, 1.165) is 36.9 Å². The number of hydrogen-bond acceptors (Lipinski definition) is 3. The fourth-order valence-electron chi connectivity index (χ4n) is 3.04. The molecule has 1 amide bonds. The highest BCUT2D eigenvalue weighted by atomic mass is 35.5. The topological polar surface area (TPSA) is 35.6 Å². The first-order valence-electron chi connectivity index (χ1n) is 8.44. The van der Waals surface area contributed by atoms with Crippen LogP contribution in [0, 0.1) is 0 Å². The SMILES string of the molecule is CC(C(=O)Nc1cc(Cl)ccc1Cl)N1CCN(c2cccc(Cl)c2)CC1. The van der Waals surface area contributed by atoms with Gasteiger partial charge in [-0.1, -0.05) is 40.9 Å². The molecule has 0 saturated carbocycles. The number of halogens is 3. The number of anilines is 2. The van der Waals surface area contributed by atoms with Crippen LogP contribution in [-0.4, -0.2) is 43.0 Å². The number of benzene rings is 2. The molecule has 0 aromatic heterocycles. The van der Waals surface area contributed by atoms with Gasteiger partial charge in [-0.05, 0) is 43.3 Å². The maximum absolute atomic E-state index is 12.6. The van der Waals surface area contributed by atoms with Crippen LogP contribution >= 0.6 is 34.8 Å². The van der Waals surface area contributed by atoms with E-state index in [9.17, 15) is 4.79 Å². The molecule has 1 saturated heterocycles. The lowest BCUT2D eigenvalue weighted by Gasteiger charge is -2.38. The lowest BCUT2D eigenvalue weighted by Crippen LogP contribution is -2.52. The Labute approximate surface area is 168 Å². The molecule has 1 unspecified atom stereocenters. The van der Waals surface area contributed by atoms with Crippen molar-refractivity contribution in [1.82, 2.24) is 4.90 Å². The quantitative estimate of drug-likeness (QED) is 0.784. The first kappa shape index (κ1) is 19.3. The molecule has 138 valence electrons. The number of carbonyl (C=O) groups is 1. The molecule has 2 aromatic rings. The summed E-state index contributed by atoms with van der Waals surface area (Å²) in [4.78, 5) is 17.0. The van der Waals surface area contributed by atoms with Crippen molar-refractivity contribution in [3.8, 4) is 0 Å². The van der Waals surface area contributed by atoms with Crippen LogP contribution in [0.5, 0.6) is 0 Å². The van der Waals surface area contributed by atoms with Gasteiger partial charge in [0.25, 0.3) is 0 Å². The van der Waals surface area contributed by atoms with Crippen LogP contribution in [0.2, 0.25) is 15.1 Å². The fourth-order valence-corrected chi connectivity index (χ4v) is 3.56. The predicted octanol–water partition coefficient (Wildman–Crippen LogP) is 4.80. The van der Waals surface area contributed by atoms with Gasteiger partial charge in [0, 0.05) is 41.9 Å². The summed E-state index contributed by atoms with van der Waals surface area (Å²) < 4.78 is 0. The number of hydrogen-bond donors (Lipinski definition) is 1. The molecule has 7 heteroatoms. The van der Waals surface area contributed by atoms with E-state index in [2.05, 4.69) is 21.2 Å². The van der Waals surface area contributed by atoms with Crippen LogP contribution < -0.4 is 10.2 Å². The standard InChI is InChI=1S/C19H20Cl3N3O/c1-13(19(26)23-18-12-15(21)5-6-17(18)22)24-7-9-25(10-8-24)16-4-2-3-14(20)11-16/h2-6,11-13H,7-10H2,1H3,(H,23,26). The van der Waals surface area contributed by atoms with Gasteiger partial charge in [0.2, 0.25) is 5.91 Å². The maximum atomic E-state index is 12.6. The zero-order chi connectivity index (χ0) is 18.7. The molecule has 0 radical (unpaired) electrons. The second-order valence-corrected chi connectivity index (χ2v) is 7.57. The maximum Gasteiger partial charge on any atom is 0.241 e. The lowest BCUT2D eigenvalue weighted by atomic mass is 10.2. The summed E-state index contributed by atoms with van der Waals surface area (Å²) in [5, 5.41) is 4.61. The van der Waals surface area contributed by atoms with Gasteiger partial charge in [0.05, 0.1) is 16.8 Å². The van der Waals surface area contributed by atoms with Gasteiger partial charge in [-0.2, -0.15) is 0 Å². The van der Waals surface area contributed by atoms with Crippen LogP contribution in [0.1, 0.15) is 6.92 Å². The second-order valence-electron chi connectivity index (χ2n) is 6.29. The Kier molecular flexibility index (Phi) is 6.30. The smallest absolute Gasteiger partial charge is 0.241 e. The summed E-state index contributed by atoms with van der Waals surface area (Å²) in [6, 6.07) is 12.6. The zero-order valence-electron chi connectivity index (χ0n) is 14.4. The largest absolute Gasteiger partial charge is 0.369 e. The molecule has 1 aliphatic heterocycles. The van der Waals surface area contributed by atoms with Gasteiger partial charge in [-0.3, -0.25) is 9.69 Å². The average Bonchev–Trinajstić information content (AvgIpc) is 2.64. The molecule has 1 atom stereocenters. The van der Waals surface area contributed by atoms with Gasteiger partial charge < -0.3 is 10.2 Å². The number of carbonyl (C=O) groups excluding carboxylic acids is 1. The van der Waals surface area contributed by atoms with E-state index in [1.165, 1.54) is 0 Å². The average molecular weight is 413 g/mol. The van der Waals surface area contributed by atoms with Crippen molar-refractivity contribution in [3.63, 3.8) is 0 Å². The van der Waals surface area contributed by atoms with Gasteiger partial charge in [-0.25, -0.2) is 0 Å². The van der Waals surface area contributed by atoms with Crippen LogP contribution in [0.15, 0.2) is 42.5 Å². The monoisotopic (exact) mass is 411 g/mol. The van der Waals surface area contributed by atoms with Crippen LogP contribution in [0.3, 0.4) is 0 Å². The molecule has 26 heavy (non-hydrogen) atoms. The number of nitrogens with one attached hydrogen (secondary N) is 1. The molecule has 1 fully saturated rings. The van der Waals surface area contributed by atoms with E-state index in [4.69, 9.17) is 34.8 Å². The van der Waals surface area contributed by atoms with Crippen molar-refractivity contribution in [1.29, 1.82) is 0 Å². The first-order chi connectivity index (χ1) is 12.4. The molecule has 0 bridgehead atoms. The minimum Gasteiger partial charge on any atom is -0.369 e. The molecular formula is C19H20Cl3N3O. The third-order valence-electron chi connectivity index (χ3n) is 4.60. The summed E-state index contributed by atoms with van der Waals surface area (Å²) in [6.07, 6.45) is 0. The normalized spacial score (nSPS) is 16.4. The highest BCUT2D eigenvalue weighted by molar-refractivity contribution is 6.35. The third-order valence-corrected chi connectivity index (χ3v) is 5.40. The minimum absolute atomic E-state index is 0.0922. The summed E-state index contributed by atoms with van der Waals surface area (Å²) in [5.74, 6) is -0.0922. The summed E-state index contributed by atoms with van der Waals surface area (Å²) >= 11 is 18.2. The summed E-state index contributed by atoms with van der Waals surface area (Å²) in [6.45, 7) is 5.18. The van der Waals surface area contributed by atoms with Crippen LogP contribution in [0.4, 0.5) is 11.4 Å². The van der Waals surface area contributed by atoms with E-state index in [1.807, 2.05) is 25.1 Å². The van der Waals surface area contributed by atoms with Crippen molar-refractivity contribution < 1.29 is 4.79 Å². The second kappa shape index (κ2) is 8.49. The van der Waals surface area contributed by atoms with E-state index >= 15 is 0 Å². The molecule has 1 heterocycles. The Morgan fingerprint density at radius 3 is 2.38 bits per heavy atom. The highest BCUT2D eigenvalue weighted by Gasteiger charge is 2.26. The van der Waals surface area contributed by atoms with E-state index < -0.39 is 0 Å². The number of nitrogens with zero attached hydrogens (tertiary/aromatic N) is 2. The van der Waals surface area contributed by atoms with Crippen molar-refractivity contribution in [3.05, 3.63) is 57.5 Å². The number of rotatable bonds is 4. The predicted molar refractivity (Wildman–Crippen MR) is 110 cm³/mol. The van der Waals surface area contributed by atoms with Gasteiger partial charge in [0.1, 0.15) is 0 Å². The van der Waals surface area contributed by atoms with Crippen LogP contribution in [-0.2, 0) is 4.79 Å². The molecule has 1 N–H and O–H groups in total. The highest BCUT2D eigenvalue weighted by Crippen LogP contribution is 2.26. The molecule has 2 aromatic carbocycles. The molecular weight excluding hydrogens is 393 g/mol. The Bertz CT molecular complexity index is 791. The summed E-state index contributed by atoms with van der Waals surface area (Å²) in [5.41, 5.74) is 1.65. The Hall–Kier alpha value is -1.46. The Morgan fingerprint density at radius 1 is 1.00 bits per heavy atom. The lowest BCUT2D eigenvalue weighted by molar-refractivity contribution is -0.120. The van der Waals surface area contributed by atoms with Crippen molar-refractivity contribution >= 4 is 52.1 Å². The van der Waals surface area contributed by atoms with Crippen molar-refractivity contribution in [2.45, 2.75) is 13.0 Å². The fraction of sp³-hybridized carbons (Fsp3) is 0.316. The minimum atomic E-state index is -0.258. The summed E-state index contributed by atoms with van der Waals surface area (Å²) in [7, 11) is 0.